The van der Waals surface area contributed by atoms with E-state index < -0.39 is 5.91 Å². The molecule has 0 bridgehead atoms. The first-order valence-electron chi connectivity index (χ1n) is 5.70. The molecular formula is C14H12N2O4. The number of carbonyl (C=O) groups is 1. The summed E-state index contributed by atoms with van der Waals surface area (Å²) in [6.45, 7) is 0. The van der Waals surface area contributed by atoms with Crippen LogP contribution in [0.15, 0.2) is 47.6 Å². The molecule has 0 radical (unpaired) electrons. The van der Waals surface area contributed by atoms with Gasteiger partial charge in [-0.15, -0.1) is 0 Å². The average molecular weight is 272 g/mol. The van der Waals surface area contributed by atoms with Crippen LogP contribution in [0.4, 0.5) is 0 Å². The molecule has 0 saturated carbocycles. The van der Waals surface area contributed by atoms with Crippen molar-refractivity contribution in [3.05, 3.63) is 53.6 Å². The summed E-state index contributed by atoms with van der Waals surface area (Å²) in [5.41, 5.74) is 2.74. The largest absolute Gasteiger partial charge is 0.508 e. The van der Waals surface area contributed by atoms with E-state index in [4.69, 9.17) is 0 Å². The zero-order valence-corrected chi connectivity index (χ0v) is 10.3. The first-order chi connectivity index (χ1) is 9.56. The van der Waals surface area contributed by atoms with Crippen LogP contribution in [0, 0.1) is 0 Å². The number of benzene rings is 2. The Morgan fingerprint density at radius 3 is 2.35 bits per heavy atom. The van der Waals surface area contributed by atoms with Crippen LogP contribution in [0.3, 0.4) is 0 Å². The van der Waals surface area contributed by atoms with E-state index in [0.717, 1.165) is 6.07 Å². The lowest BCUT2D eigenvalue weighted by Crippen LogP contribution is -2.17. The number of aromatic hydroxyl groups is 3. The predicted octanol–water partition coefficient (Wildman–Crippen LogP) is 1.57. The van der Waals surface area contributed by atoms with E-state index in [-0.39, 0.29) is 22.8 Å². The second-order valence-electron chi connectivity index (χ2n) is 4.00. The number of amides is 1. The Morgan fingerprint density at radius 1 is 1.05 bits per heavy atom. The van der Waals surface area contributed by atoms with Gasteiger partial charge in [0.2, 0.25) is 0 Å². The van der Waals surface area contributed by atoms with Gasteiger partial charge in [0.25, 0.3) is 5.91 Å². The molecule has 0 unspecified atom stereocenters. The van der Waals surface area contributed by atoms with Crippen LogP contribution in [0.1, 0.15) is 15.9 Å². The van der Waals surface area contributed by atoms with E-state index in [1.807, 2.05) is 0 Å². The first-order valence-corrected chi connectivity index (χ1v) is 5.70. The minimum atomic E-state index is -0.595. The number of nitrogens with one attached hydrogen (secondary N) is 1. The Hall–Kier alpha value is -3.02. The average Bonchev–Trinajstić information content (AvgIpc) is 2.39. The van der Waals surface area contributed by atoms with E-state index in [0.29, 0.717) is 5.56 Å². The highest BCUT2D eigenvalue weighted by Gasteiger charge is 2.07. The molecule has 0 atom stereocenters. The van der Waals surface area contributed by atoms with Gasteiger partial charge in [-0.25, -0.2) is 5.43 Å². The lowest BCUT2D eigenvalue weighted by molar-refractivity contribution is 0.0954. The molecule has 6 nitrogen and oxygen atoms in total. The number of nitrogens with zero attached hydrogens (tertiary/aromatic N) is 1. The molecule has 0 spiro atoms. The summed E-state index contributed by atoms with van der Waals surface area (Å²) in [6, 6.07) is 10.0. The monoisotopic (exact) mass is 272 g/mol. The molecule has 4 N–H and O–H groups in total. The highest BCUT2D eigenvalue weighted by atomic mass is 16.3. The molecule has 20 heavy (non-hydrogen) atoms. The van der Waals surface area contributed by atoms with E-state index in [1.165, 1.54) is 24.4 Å². The zero-order valence-electron chi connectivity index (χ0n) is 10.3. The smallest absolute Gasteiger partial charge is 0.271 e. The number of hydrazone groups is 1. The molecule has 2 aromatic carbocycles. The normalized spacial score (nSPS) is 10.6. The van der Waals surface area contributed by atoms with Crippen LogP contribution in [-0.4, -0.2) is 27.4 Å². The number of phenols is 3. The lowest BCUT2D eigenvalue weighted by Gasteiger charge is -2.02. The van der Waals surface area contributed by atoms with Crippen LogP contribution >= 0.6 is 0 Å². The SMILES string of the molecule is O=C(N/N=C/c1ccccc1O)c1cc(O)cc(O)c1. The molecule has 0 heterocycles. The lowest BCUT2D eigenvalue weighted by atomic mass is 10.2. The van der Waals surface area contributed by atoms with Gasteiger partial charge >= 0.3 is 0 Å². The Labute approximate surface area is 114 Å². The zero-order chi connectivity index (χ0) is 14.5. The molecule has 0 aliphatic heterocycles. The van der Waals surface area contributed by atoms with Gasteiger partial charge < -0.3 is 15.3 Å². The van der Waals surface area contributed by atoms with Crippen LogP contribution < -0.4 is 5.43 Å². The summed E-state index contributed by atoms with van der Waals surface area (Å²) in [5.74, 6) is -0.997. The fourth-order valence-corrected chi connectivity index (χ4v) is 1.55. The maximum atomic E-state index is 11.7. The molecule has 0 aromatic heterocycles. The van der Waals surface area contributed by atoms with Crippen molar-refractivity contribution < 1.29 is 20.1 Å². The molecule has 1 amide bonds. The van der Waals surface area contributed by atoms with Gasteiger partial charge in [-0.05, 0) is 24.3 Å². The van der Waals surface area contributed by atoms with Crippen LogP contribution in [0.25, 0.3) is 0 Å². The summed E-state index contributed by atoms with van der Waals surface area (Å²) in [6.07, 6.45) is 1.29. The van der Waals surface area contributed by atoms with Gasteiger partial charge in [-0.1, -0.05) is 12.1 Å². The Kier molecular flexibility index (Phi) is 3.85. The summed E-state index contributed by atoms with van der Waals surface area (Å²) in [4.78, 5) is 11.7. The van der Waals surface area contributed by atoms with Gasteiger partial charge in [0.1, 0.15) is 17.2 Å². The number of rotatable bonds is 3. The predicted molar refractivity (Wildman–Crippen MR) is 72.9 cm³/mol. The third kappa shape index (κ3) is 3.26. The van der Waals surface area contributed by atoms with Crippen LogP contribution in [0.2, 0.25) is 0 Å². The van der Waals surface area contributed by atoms with E-state index in [1.54, 1.807) is 18.2 Å². The van der Waals surface area contributed by atoms with E-state index >= 15 is 0 Å². The van der Waals surface area contributed by atoms with Crippen molar-refractivity contribution in [3.63, 3.8) is 0 Å². The Bertz CT molecular complexity index is 648. The van der Waals surface area contributed by atoms with Crippen molar-refractivity contribution in [3.8, 4) is 17.2 Å². The topological polar surface area (TPSA) is 102 Å². The van der Waals surface area contributed by atoms with Crippen molar-refractivity contribution in [2.75, 3.05) is 0 Å². The summed E-state index contributed by atoms with van der Waals surface area (Å²) < 4.78 is 0. The van der Waals surface area contributed by atoms with E-state index in [9.17, 15) is 20.1 Å². The van der Waals surface area contributed by atoms with Crippen LogP contribution in [-0.2, 0) is 0 Å². The third-order valence-corrected chi connectivity index (χ3v) is 2.47. The van der Waals surface area contributed by atoms with Gasteiger partial charge in [0.05, 0.1) is 6.21 Å². The van der Waals surface area contributed by atoms with Crippen molar-refractivity contribution in [1.29, 1.82) is 0 Å². The van der Waals surface area contributed by atoms with E-state index in [2.05, 4.69) is 10.5 Å². The standard InChI is InChI=1S/C14H12N2O4/c17-11-5-10(6-12(18)7-11)14(20)16-15-8-9-3-1-2-4-13(9)19/h1-8,17-19H,(H,16,20)/b15-8+. The second kappa shape index (κ2) is 5.75. The fourth-order valence-electron chi connectivity index (χ4n) is 1.55. The van der Waals surface area contributed by atoms with Crippen molar-refractivity contribution in [1.82, 2.24) is 5.43 Å². The van der Waals surface area contributed by atoms with Crippen molar-refractivity contribution in [2.24, 2.45) is 5.10 Å². The minimum Gasteiger partial charge on any atom is -0.508 e. The molecule has 0 fully saturated rings. The Balaban J connectivity index is 2.07. The third-order valence-electron chi connectivity index (χ3n) is 2.47. The molecular weight excluding hydrogens is 260 g/mol. The first kappa shape index (κ1) is 13.4. The molecule has 0 saturated heterocycles. The maximum Gasteiger partial charge on any atom is 0.271 e. The maximum absolute atomic E-state index is 11.7. The summed E-state index contributed by atoms with van der Waals surface area (Å²) in [7, 11) is 0. The van der Waals surface area contributed by atoms with Gasteiger partial charge in [0, 0.05) is 17.2 Å². The number of phenolic OH excluding ortho intramolecular Hbond substituents is 3. The number of carbonyl (C=O) groups excluding carboxylic acids is 1. The molecule has 2 aromatic rings. The number of hydrogen-bond acceptors (Lipinski definition) is 5. The van der Waals surface area contributed by atoms with Crippen molar-refractivity contribution >= 4 is 12.1 Å². The minimum absolute atomic E-state index is 0.0421. The fraction of sp³-hybridized carbons (Fsp3) is 0. The quantitative estimate of drug-likeness (QED) is 0.503. The molecule has 2 rings (SSSR count). The van der Waals surface area contributed by atoms with Gasteiger partial charge in [0.15, 0.2) is 0 Å². The second-order valence-corrected chi connectivity index (χ2v) is 4.00. The van der Waals surface area contributed by atoms with Crippen molar-refractivity contribution in [2.45, 2.75) is 0 Å². The molecule has 102 valence electrons. The van der Waals surface area contributed by atoms with Gasteiger partial charge in [-0.2, -0.15) is 5.10 Å². The molecule has 6 heteroatoms. The summed E-state index contributed by atoms with van der Waals surface area (Å²) in [5, 5.41) is 31.7. The van der Waals surface area contributed by atoms with Crippen LogP contribution in [0.5, 0.6) is 17.2 Å². The highest BCUT2D eigenvalue weighted by molar-refractivity contribution is 5.95. The molecule has 0 aliphatic rings. The highest BCUT2D eigenvalue weighted by Crippen LogP contribution is 2.20. The summed E-state index contributed by atoms with van der Waals surface area (Å²) >= 11 is 0. The molecule has 0 aliphatic carbocycles. The van der Waals surface area contributed by atoms with Gasteiger partial charge in [-0.3, -0.25) is 4.79 Å². The number of para-hydroxylation sites is 1. The Morgan fingerprint density at radius 2 is 1.70 bits per heavy atom. The number of hydrogen-bond donors (Lipinski definition) is 4.